The second-order valence-corrected chi connectivity index (χ2v) is 4.54. The molecule has 0 spiro atoms. The third kappa shape index (κ3) is 3.23. The fourth-order valence-corrected chi connectivity index (χ4v) is 2.09. The summed E-state index contributed by atoms with van der Waals surface area (Å²) in [5.41, 5.74) is 0. The maximum Gasteiger partial charge on any atom is 0.433 e. The van der Waals surface area contributed by atoms with Crippen LogP contribution in [0.1, 0.15) is 5.76 Å². The zero-order valence-corrected chi connectivity index (χ0v) is 10.5. The molecule has 0 aliphatic carbocycles. The van der Waals surface area contributed by atoms with E-state index in [4.69, 9.17) is 9.52 Å². The number of hydrogen-bond donors (Lipinski definition) is 2. The Bertz CT molecular complexity index is 647. The first-order valence-corrected chi connectivity index (χ1v) is 5.99. The molecule has 1 fully saturated rings. The Morgan fingerprint density at radius 2 is 2.35 bits per heavy atom. The van der Waals surface area contributed by atoms with E-state index in [1.54, 1.807) is 0 Å². The third-order valence-corrected chi connectivity index (χ3v) is 3.02. The molecule has 0 aromatic carbocycles. The maximum atomic E-state index is 11.6. The topological polar surface area (TPSA) is 135 Å². The molecule has 2 N–H and O–H groups in total. The van der Waals surface area contributed by atoms with Gasteiger partial charge in [0.05, 0.1) is 11.0 Å². The molecule has 0 bridgehead atoms. The smallest absolute Gasteiger partial charge is 0.433 e. The zero-order chi connectivity index (χ0) is 14.7. The summed E-state index contributed by atoms with van der Waals surface area (Å²) in [7, 11) is 0. The lowest BCUT2D eigenvalue weighted by Gasteiger charge is -1.91. The second kappa shape index (κ2) is 5.57. The third-order valence-electron chi connectivity index (χ3n) is 2.07. The summed E-state index contributed by atoms with van der Waals surface area (Å²) < 4.78 is 4.89. The summed E-state index contributed by atoms with van der Waals surface area (Å²) in [4.78, 5) is 35.6. The highest BCUT2D eigenvalue weighted by Gasteiger charge is 2.24. The molecule has 0 radical (unpaired) electrons. The van der Waals surface area contributed by atoms with Gasteiger partial charge in [-0.1, -0.05) is 0 Å². The average molecular weight is 297 g/mol. The molecular formula is C10H7N3O6S. The van der Waals surface area contributed by atoms with Gasteiger partial charge in [0.25, 0.3) is 5.91 Å². The molecule has 0 saturated carbocycles. The van der Waals surface area contributed by atoms with E-state index in [-0.39, 0.29) is 15.8 Å². The lowest BCUT2D eigenvalue weighted by molar-refractivity contribution is -0.402. The van der Waals surface area contributed by atoms with E-state index in [9.17, 15) is 19.7 Å². The Labute approximate surface area is 115 Å². The molecular weight excluding hydrogens is 290 g/mol. The van der Waals surface area contributed by atoms with Gasteiger partial charge in [-0.2, -0.15) is 0 Å². The summed E-state index contributed by atoms with van der Waals surface area (Å²) in [6, 6.07) is 2.52. The van der Waals surface area contributed by atoms with Crippen molar-refractivity contribution in [2.24, 2.45) is 4.99 Å². The Kier molecular flexibility index (Phi) is 3.84. The fourth-order valence-electron chi connectivity index (χ4n) is 1.29. The highest BCUT2D eigenvalue weighted by molar-refractivity contribution is 8.18. The minimum atomic E-state index is -1.12. The molecule has 1 aliphatic rings. The van der Waals surface area contributed by atoms with Gasteiger partial charge < -0.3 is 14.8 Å². The van der Waals surface area contributed by atoms with Crippen molar-refractivity contribution in [1.82, 2.24) is 5.32 Å². The molecule has 2 rings (SSSR count). The van der Waals surface area contributed by atoms with Crippen LogP contribution in [0.15, 0.2) is 26.4 Å². The molecule has 2 heterocycles. The standard InChI is InChI=1S/C10H7N3O6S/c14-8(15)4-11-10-12-9(16)6(20-10)3-5-1-2-7(19-5)13(17)18/h1-3H,4H2,(H,14,15)(H,11,12,16)/b6-3-. The van der Waals surface area contributed by atoms with Gasteiger partial charge >= 0.3 is 11.9 Å². The average Bonchev–Trinajstić information content (AvgIpc) is 2.95. The number of carbonyl (C=O) groups is 2. The summed E-state index contributed by atoms with van der Waals surface area (Å²) in [6.45, 7) is -0.456. The van der Waals surface area contributed by atoms with Crippen molar-refractivity contribution >= 4 is 40.8 Å². The number of aliphatic imine (C=N–C) groups is 1. The van der Waals surface area contributed by atoms with Gasteiger partial charge in [-0.05, 0) is 17.8 Å². The molecule has 10 heteroatoms. The van der Waals surface area contributed by atoms with Crippen LogP contribution in [0.25, 0.3) is 6.08 Å². The number of carboxylic acids is 1. The quantitative estimate of drug-likeness (QED) is 0.477. The monoisotopic (exact) mass is 297 g/mol. The van der Waals surface area contributed by atoms with Crippen molar-refractivity contribution in [1.29, 1.82) is 0 Å². The number of rotatable bonds is 4. The number of amidine groups is 1. The summed E-state index contributed by atoms with van der Waals surface area (Å²) in [5.74, 6) is -1.88. The van der Waals surface area contributed by atoms with Crippen molar-refractivity contribution < 1.29 is 24.0 Å². The van der Waals surface area contributed by atoms with Crippen molar-refractivity contribution in [2.45, 2.75) is 0 Å². The highest BCUT2D eigenvalue weighted by Crippen LogP contribution is 2.27. The van der Waals surface area contributed by atoms with Crippen LogP contribution in [0, 0.1) is 10.1 Å². The number of amides is 1. The van der Waals surface area contributed by atoms with E-state index in [0.717, 1.165) is 11.8 Å². The van der Waals surface area contributed by atoms with Crippen LogP contribution in [0.5, 0.6) is 0 Å². The van der Waals surface area contributed by atoms with E-state index in [0.29, 0.717) is 0 Å². The molecule has 1 amide bonds. The molecule has 0 atom stereocenters. The van der Waals surface area contributed by atoms with Crippen LogP contribution in [0.2, 0.25) is 0 Å². The minimum absolute atomic E-state index is 0.147. The Morgan fingerprint density at radius 1 is 1.60 bits per heavy atom. The summed E-state index contributed by atoms with van der Waals surface area (Å²) in [5, 5.41) is 21.5. The van der Waals surface area contributed by atoms with E-state index < -0.39 is 29.2 Å². The van der Waals surface area contributed by atoms with Crippen molar-refractivity contribution in [3.05, 3.63) is 32.9 Å². The van der Waals surface area contributed by atoms with Crippen molar-refractivity contribution in [3.8, 4) is 0 Å². The number of thioether (sulfide) groups is 1. The lowest BCUT2D eigenvalue weighted by Crippen LogP contribution is -2.20. The molecule has 1 aromatic rings. The number of hydrogen-bond acceptors (Lipinski definition) is 7. The van der Waals surface area contributed by atoms with Crippen LogP contribution in [0.3, 0.4) is 0 Å². The predicted molar refractivity (Wildman–Crippen MR) is 69.0 cm³/mol. The van der Waals surface area contributed by atoms with Crippen LogP contribution < -0.4 is 5.32 Å². The molecule has 20 heavy (non-hydrogen) atoms. The van der Waals surface area contributed by atoms with Crippen LogP contribution in [-0.2, 0) is 9.59 Å². The first kappa shape index (κ1) is 13.8. The number of nitrogens with zero attached hydrogens (tertiary/aromatic N) is 2. The molecule has 1 aliphatic heterocycles. The molecule has 9 nitrogen and oxygen atoms in total. The number of carbonyl (C=O) groups excluding carboxylic acids is 1. The summed E-state index contributed by atoms with van der Waals surface area (Å²) >= 11 is 0.931. The predicted octanol–water partition coefficient (Wildman–Crippen LogP) is 0.832. The van der Waals surface area contributed by atoms with Gasteiger partial charge in [0.1, 0.15) is 17.2 Å². The molecule has 1 aromatic heterocycles. The van der Waals surface area contributed by atoms with Gasteiger partial charge in [0.15, 0.2) is 5.17 Å². The van der Waals surface area contributed by atoms with E-state index >= 15 is 0 Å². The number of carboxylic acid groups (broad SMARTS) is 1. The largest absolute Gasteiger partial charge is 0.480 e. The lowest BCUT2D eigenvalue weighted by atomic mass is 10.4. The number of nitrogens with one attached hydrogen (secondary N) is 1. The van der Waals surface area contributed by atoms with Crippen LogP contribution in [-0.4, -0.2) is 33.6 Å². The van der Waals surface area contributed by atoms with Gasteiger partial charge in [-0.3, -0.25) is 24.7 Å². The van der Waals surface area contributed by atoms with Gasteiger partial charge in [-0.25, -0.2) is 0 Å². The van der Waals surface area contributed by atoms with Crippen molar-refractivity contribution in [2.75, 3.05) is 6.54 Å². The van der Waals surface area contributed by atoms with Crippen LogP contribution >= 0.6 is 11.8 Å². The number of nitro groups is 1. The minimum Gasteiger partial charge on any atom is -0.480 e. The molecule has 104 valence electrons. The van der Waals surface area contributed by atoms with E-state index in [2.05, 4.69) is 10.3 Å². The van der Waals surface area contributed by atoms with Gasteiger partial charge in [-0.15, -0.1) is 0 Å². The molecule has 0 unspecified atom stereocenters. The normalized spacial score (nSPS) is 18.5. The zero-order valence-electron chi connectivity index (χ0n) is 9.73. The number of aliphatic carboxylic acids is 1. The maximum absolute atomic E-state index is 11.6. The number of furan rings is 1. The Balaban J connectivity index is 2.14. The van der Waals surface area contributed by atoms with Crippen molar-refractivity contribution in [3.63, 3.8) is 0 Å². The first-order valence-electron chi connectivity index (χ1n) is 5.17. The van der Waals surface area contributed by atoms with E-state index in [1.807, 2.05) is 0 Å². The Hall–Kier alpha value is -2.62. The Morgan fingerprint density at radius 3 is 2.95 bits per heavy atom. The SMILES string of the molecule is O=C(O)CN=C1NC(=O)/C(=C/c2ccc([N+](=O)[O-])o2)S1. The second-order valence-electron chi connectivity index (χ2n) is 3.51. The fraction of sp³-hybridized carbons (Fsp3) is 0.100. The highest BCUT2D eigenvalue weighted by atomic mass is 32.2. The molecule has 1 saturated heterocycles. The summed E-state index contributed by atoms with van der Waals surface area (Å²) in [6.07, 6.45) is 1.32. The first-order chi connectivity index (χ1) is 9.45. The van der Waals surface area contributed by atoms with E-state index in [1.165, 1.54) is 18.2 Å². The van der Waals surface area contributed by atoms with Gasteiger partial charge in [0.2, 0.25) is 0 Å². The van der Waals surface area contributed by atoms with Gasteiger partial charge in [0, 0.05) is 6.08 Å². The van der Waals surface area contributed by atoms with Crippen LogP contribution in [0.4, 0.5) is 5.88 Å².